The molecule has 0 saturated carbocycles. The van der Waals surface area contributed by atoms with Crippen molar-refractivity contribution in [3.63, 3.8) is 0 Å². The van der Waals surface area contributed by atoms with Crippen LogP contribution in [0.4, 0.5) is 14.6 Å². The number of benzene rings is 1. The molecule has 1 heterocycles. The first-order valence-electron chi connectivity index (χ1n) is 9.93. The van der Waals surface area contributed by atoms with Gasteiger partial charge in [-0.25, -0.2) is 4.98 Å². The van der Waals surface area contributed by atoms with Crippen LogP contribution in [0.2, 0.25) is 0 Å². The number of unbranched alkanes of at least 4 members (excludes halogenated alkanes) is 1. The average Bonchev–Trinajstić information content (AvgIpc) is 2.75. The van der Waals surface area contributed by atoms with Crippen molar-refractivity contribution in [1.82, 2.24) is 15.6 Å². The summed E-state index contributed by atoms with van der Waals surface area (Å²) in [7, 11) is 1.66. The zero-order valence-corrected chi connectivity index (χ0v) is 20.1. The van der Waals surface area contributed by atoms with Gasteiger partial charge in [0.05, 0.1) is 6.61 Å². The molecule has 0 radical (unpaired) electrons. The Kier molecular flexibility index (Phi) is 13.3. The zero-order valence-electron chi connectivity index (χ0n) is 17.7. The number of guanidine groups is 1. The van der Waals surface area contributed by atoms with Gasteiger partial charge in [-0.05, 0) is 38.0 Å². The summed E-state index contributed by atoms with van der Waals surface area (Å²) in [5.74, 6) is 1.77. The van der Waals surface area contributed by atoms with Gasteiger partial charge in [0.1, 0.15) is 5.82 Å². The van der Waals surface area contributed by atoms with E-state index in [1.165, 1.54) is 0 Å². The first kappa shape index (κ1) is 26.7. The Labute approximate surface area is 199 Å². The van der Waals surface area contributed by atoms with Crippen LogP contribution in [-0.4, -0.2) is 44.3 Å². The Morgan fingerprint density at radius 1 is 1.10 bits per heavy atom. The molecule has 0 aliphatic rings. The molecular weight excluding hydrogens is 519 g/mol. The highest BCUT2D eigenvalue weighted by atomic mass is 127. The Hall–Kier alpha value is -2.37. The summed E-state index contributed by atoms with van der Waals surface area (Å²) in [6.07, 6.45) is 3.64. The predicted molar refractivity (Wildman–Crippen MR) is 130 cm³/mol. The monoisotopic (exact) mass is 549 g/mol. The van der Waals surface area contributed by atoms with Crippen molar-refractivity contribution in [2.75, 3.05) is 32.1 Å². The van der Waals surface area contributed by atoms with Gasteiger partial charge in [-0.15, -0.1) is 24.0 Å². The normalized spacial score (nSPS) is 10.9. The summed E-state index contributed by atoms with van der Waals surface area (Å²) in [5.41, 5.74) is 0.559. The maximum atomic E-state index is 12.8. The standard InChI is InChI=1S/C21H29F2N5O2.HI/c1-3-29-17-10-8-9-16(19(17)30-20(22)23)15-28-21(24-2)27-14-7-6-13-26-18-11-4-5-12-25-18;/h4-5,8-12,20H,3,6-7,13-15H2,1-2H3,(H,25,26)(H2,24,27,28);1H. The fraction of sp³-hybridized carbons (Fsp3) is 0.429. The second kappa shape index (κ2) is 15.4. The highest BCUT2D eigenvalue weighted by Crippen LogP contribution is 2.32. The molecular formula is C21H30F2IN5O2. The Morgan fingerprint density at radius 2 is 1.90 bits per heavy atom. The molecule has 2 rings (SSSR count). The molecule has 0 fully saturated rings. The quantitative estimate of drug-likeness (QED) is 0.159. The van der Waals surface area contributed by atoms with Crippen LogP contribution in [0.5, 0.6) is 11.5 Å². The third-order valence-corrected chi connectivity index (χ3v) is 4.10. The van der Waals surface area contributed by atoms with Crippen LogP contribution in [0.1, 0.15) is 25.3 Å². The minimum Gasteiger partial charge on any atom is -0.490 e. The van der Waals surface area contributed by atoms with E-state index in [4.69, 9.17) is 4.74 Å². The fourth-order valence-corrected chi connectivity index (χ4v) is 2.73. The van der Waals surface area contributed by atoms with E-state index in [1.54, 1.807) is 38.4 Å². The number of anilines is 1. The highest BCUT2D eigenvalue weighted by molar-refractivity contribution is 14.0. The summed E-state index contributed by atoms with van der Waals surface area (Å²) < 4.78 is 35.7. The molecule has 0 atom stereocenters. The summed E-state index contributed by atoms with van der Waals surface area (Å²) in [6.45, 7) is 1.03. The number of para-hydroxylation sites is 1. The molecule has 2 aromatic rings. The van der Waals surface area contributed by atoms with Gasteiger partial charge in [0.15, 0.2) is 17.5 Å². The number of halogens is 3. The minimum absolute atomic E-state index is 0. The van der Waals surface area contributed by atoms with Crippen LogP contribution < -0.4 is 25.4 Å². The molecule has 0 aliphatic heterocycles. The Morgan fingerprint density at radius 3 is 2.58 bits per heavy atom. The largest absolute Gasteiger partial charge is 0.490 e. The van der Waals surface area contributed by atoms with Crippen molar-refractivity contribution in [2.45, 2.75) is 32.9 Å². The molecule has 0 spiro atoms. The number of aliphatic imine (C=N–C) groups is 1. The summed E-state index contributed by atoms with van der Waals surface area (Å²) >= 11 is 0. The number of hydrogen-bond acceptors (Lipinski definition) is 5. The van der Waals surface area contributed by atoms with Crippen molar-refractivity contribution in [1.29, 1.82) is 0 Å². The van der Waals surface area contributed by atoms with Crippen molar-refractivity contribution in [2.24, 2.45) is 4.99 Å². The van der Waals surface area contributed by atoms with Gasteiger partial charge in [-0.3, -0.25) is 4.99 Å². The van der Waals surface area contributed by atoms with Crippen molar-refractivity contribution in [3.8, 4) is 11.5 Å². The summed E-state index contributed by atoms with van der Waals surface area (Å²) in [5, 5.41) is 9.59. The number of alkyl halides is 2. The van der Waals surface area contributed by atoms with Crippen molar-refractivity contribution >= 4 is 35.8 Å². The average molecular weight is 549 g/mol. The first-order valence-corrected chi connectivity index (χ1v) is 9.93. The van der Waals surface area contributed by atoms with Crippen molar-refractivity contribution in [3.05, 3.63) is 48.2 Å². The van der Waals surface area contributed by atoms with Gasteiger partial charge in [-0.1, -0.05) is 18.2 Å². The number of pyridine rings is 1. The number of aromatic nitrogens is 1. The smallest absolute Gasteiger partial charge is 0.387 e. The fourth-order valence-electron chi connectivity index (χ4n) is 2.73. The lowest BCUT2D eigenvalue weighted by Crippen LogP contribution is -2.37. The molecule has 0 saturated heterocycles. The van der Waals surface area contributed by atoms with Gasteiger partial charge in [0.25, 0.3) is 0 Å². The molecule has 0 bridgehead atoms. The van der Waals surface area contributed by atoms with E-state index in [9.17, 15) is 8.78 Å². The van der Waals surface area contributed by atoms with Crippen LogP contribution in [-0.2, 0) is 6.54 Å². The van der Waals surface area contributed by atoms with E-state index in [0.717, 1.165) is 31.7 Å². The van der Waals surface area contributed by atoms with Crippen molar-refractivity contribution < 1.29 is 18.3 Å². The zero-order chi connectivity index (χ0) is 21.6. The molecule has 172 valence electrons. The summed E-state index contributed by atoms with van der Waals surface area (Å²) in [6, 6.07) is 10.8. The topological polar surface area (TPSA) is 79.8 Å². The van der Waals surface area contributed by atoms with E-state index in [-0.39, 0.29) is 36.3 Å². The minimum atomic E-state index is -2.93. The van der Waals surface area contributed by atoms with E-state index in [2.05, 4.69) is 30.7 Å². The van der Waals surface area contributed by atoms with Gasteiger partial charge in [-0.2, -0.15) is 8.78 Å². The number of rotatable bonds is 12. The van der Waals surface area contributed by atoms with E-state index in [1.807, 2.05) is 18.2 Å². The molecule has 0 amide bonds. The molecule has 1 aromatic heterocycles. The molecule has 10 heteroatoms. The molecule has 3 N–H and O–H groups in total. The second-order valence-electron chi connectivity index (χ2n) is 6.26. The van der Waals surface area contributed by atoms with Crippen LogP contribution in [0, 0.1) is 0 Å². The predicted octanol–water partition coefficient (Wildman–Crippen LogP) is 4.26. The lowest BCUT2D eigenvalue weighted by atomic mass is 10.2. The number of ether oxygens (including phenoxy) is 2. The van der Waals surface area contributed by atoms with Crippen LogP contribution in [0.15, 0.2) is 47.6 Å². The van der Waals surface area contributed by atoms with E-state index >= 15 is 0 Å². The molecule has 1 aromatic carbocycles. The van der Waals surface area contributed by atoms with Gasteiger partial charge >= 0.3 is 6.61 Å². The number of hydrogen-bond donors (Lipinski definition) is 3. The van der Waals surface area contributed by atoms with Gasteiger partial charge < -0.3 is 25.4 Å². The van der Waals surface area contributed by atoms with E-state index in [0.29, 0.717) is 23.9 Å². The van der Waals surface area contributed by atoms with Gasteiger partial charge in [0, 0.05) is 38.4 Å². The molecule has 31 heavy (non-hydrogen) atoms. The van der Waals surface area contributed by atoms with Crippen LogP contribution >= 0.6 is 24.0 Å². The highest BCUT2D eigenvalue weighted by Gasteiger charge is 2.15. The number of nitrogens with zero attached hydrogens (tertiary/aromatic N) is 2. The SMILES string of the molecule is CCOc1cccc(CNC(=NC)NCCCCNc2ccccn2)c1OC(F)F.I. The summed E-state index contributed by atoms with van der Waals surface area (Å²) in [4.78, 5) is 8.38. The lowest BCUT2D eigenvalue weighted by Gasteiger charge is -2.17. The molecule has 7 nitrogen and oxygen atoms in total. The van der Waals surface area contributed by atoms with Crippen LogP contribution in [0.3, 0.4) is 0 Å². The lowest BCUT2D eigenvalue weighted by molar-refractivity contribution is -0.0520. The second-order valence-corrected chi connectivity index (χ2v) is 6.26. The maximum Gasteiger partial charge on any atom is 0.387 e. The Bertz CT molecular complexity index is 782. The van der Waals surface area contributed by atoms with Crippen LogP contribution in [0.25, 0.3) is 0 Å². The third kappa shape index (κ3) is 9.99. The molecule has 0 aliphatic carbocycles. The maximum absolute atomic E-state index is 12.8. The third-order valence-electron chi connectivity index (χ3n) is 4.10. The van der Waals surface area contributed by atoms with E-state index < -0.39 is 6.61 Å². The Balaban J connectivity index is 0.00000480. The van der Waals surface area contributed by atoms with Gasteiger partial charge in [0.2, 0.25) is 0 Å². The first-order chi connectivity index (χ1) is 14.6. The number of nitrogens with one attached hydrogen (secondary N) is 3. The molecule has 0 unspecified atom stereocenters.